The molecule has 0 bridgehead atoms. The lowest BCUT2D eigenvalue weighted by atomic mass is 10.1. The second kappa shape index (κ2) is 8.14. The summed E-state index contributed by atoms with van der Waals surface area (Å²) in [6.45, 7) is 0. The summed E-state index contributed by atoms with van der Waals surface area (Å²) in [5.74, 6) is -6.84. The van der Waals surface area contributed by atoms with Crippen molar-refractivity contribution in [2.75, 3.05) is 0 Å². The summed E-state index contributed by atoms with van der Waals surface area (Å²) < 4.78 is 21.8. The van der Waals surface area contributed by atoms with Gasteiger partial charge in [-0.3, -0.25) is 0 Å². The molecule has 4 N–H and O–H groups in total. The Morgan fingerprint density at radius 2 is 1.00 bits per heavy atom. The molecule has 0 aromatic heterocycles. The fourth-order valence-electron chi connectivity index (χ4n) is 2.00. The van der Waals surface area contributed by atoms with Crippen LogP contribution in [0.2, 0.25) is 0 Å². The number of carbonyl (C=O) groups is 4. The van der Waals surface area contributed by atoms with E-state index in [1.165, 1.54) is 0 Å². The van der Waals surface area contributed by atoms with Crippen LogP contribution in [-0.2, 0) is 4.57 Å². The Kier molecular flexibility index (Phi) is 5.91. The number of carboxylic acids is 4. The number of carboxylic acid groups (broad SMARTS) is 4. The van der Waals surface area contributed by atoms with Crippen LogP contribution in [0.15, 0.2) is 36.4 Å². The minimum Gasteiger partial charge on any atom is -0.478 e. The van der Waals surface area contributed by atoms with Crippen LogP contribution in [0.25, 0.3) is 0 Å². The van der Waals surface area contributed by atoms with Gasteiger partial charge >= 0.3 is 32.1 Å². The van der Waals surface area contributed by atoms with Gasteiger partial charge in [0.25, 0.3) is 0 Å². The van der Waals surface area contributed by atoms with E-state index in [4.69, 9.17) is 29.5 Å². The van der Waals surface area contributed by atoms with Gasteiger partial charge in [-0.05, 0) is 36.4 Å². The summed E-state index contributed by atoms with van der Waals surface area (Å²) >= 11 is 0. The highest BCUT2D eigenvalue weighted by Crippen LogP contribution is 2.35. The first kappa shape index (κ1) is 20.3. The highest BCUT2D eigenvalue weighted by Gasteiger charge is 2.31. The molecule has 0 radical (unpaired) electrons. The molecule has 2 rings (SSSR count). The fourth-order valence-corrected chi connectivity index (χ4v) is 2.68. The first-order valence-electron chi connectivity index (χ1n) is 7.14. The van der Waals surface area contributed by atoms with Crippen LogP contribution in [0.3, 0.4) is 0 Å². The van der Waals surface area contributed by atoms with Crippen LogP contribution >= 0.6 is 8.25 Å². The molecule has 0 saturated carbocycles. The van der Waals surface area contributed by atoms with Crippen LogP contribution in [0.5, 0.6) is 11.5 Å². The highest BCUT2D eigenvalue weighted by atomic mass is 31.1. The minimum absolute atomic E-state index is 0.349. The van der Waals surface area contributed by atoms with E-state index < -0.39 is 54.8 Å². The van der Waals surface area contributed by atoms with Gasteiger partial charge in [0.1, 0.15) is 11.1 Å². The van der Waals surface area contributed by atoms with Crippen molar-refractivity contribution in [1.82, 2.24) is 0 Å². The average Bonchev–Trinajstić information content (AvgIpc) is 2.61. The first-order chi connectivity index (χ1) is 13.1. The van der Waals surface area contributed by atoms with Gasteiger partial charge in [-0.25, -0.2) is 28.2 Å². The zero-order valence-electron chi connectivity index (χ0n) is 13.6. The topological polar surface area (TPSA) is 185 Å². The largest absolute Gasteiger partial charge is 0.805 e. The van der Waals surface area contributed by atoms with Gasteiger partial charge in [-0.1, -0.05) is 0 Å². The highest BCUT2D eigenvalue weighted by molar-refractivity contribution is 7.34. The maximum atomic E-state index is 12.1. The van der Waals surface area contributed by atoms with E-state index in [0.29, 0.717) is 0 Å². The van der Waals surface area contributed by atoms with Crippen LogP contribution in [0.4, 0.5) is 0 Å². The molecule has 0 aliphatic rings. The molecule has 0 saturated heterocycles. The van der Waals surface area contributed by atoms with Crippen LogP contribution in [0, 0.1) is 0 Å². The van der Waals surface area contributed by atoms with Gasteiger partial charge in [-0.15, -0.1) is 0 Å². The van der Waals surface area contributed by atoms with E-state index in [9.17, 15) is 23.7 Å². The number of aromatic carboxylic acids is 4. The van der Waals surface area contributed by atoms with E-state index >= 15 is 0 Å². The molecule has 0 amide bonds. The van der Waals surface area contributed by atoms with E-state index in [0.717, 1.165) is 36.4 Å². The van der Waals surface area contributed by atoms with Gasteiger partial charge in [0, 0.05) is 4.57 Å². The van der Waals surface area contributed by atoms with Gasteiger partial charge in [0.15, 0.2) is 0 Å². The number of rotatable bonds is 8. The van der Waals surface area contributed by atoms with Gasteiger partial charge < -0.3 is 20.4 Å². The second-order valence-electron chi connectivity index (χ2n) is 5.05. The van der Waals surface area contributed by atoms with Gasteiger partial charge in [0.2, 0.25) is 11.5 Å². The van der Waals surface area contributed by atoms with Crippen molar-refractivity contribution in [3.63, 3.8) is 0 Å². The van der Waals surface area contributed by atoms with Crippen molar-refractivity contribution in [1.29, 1.82) is 0 Å². The molecule has 12 heteroatoms. The molecule has 0 aliphatic carbocycles. The standard InChI is InChI=1S/C16H9O11P/c17-13(18)7-1-3-11(9(5-7)15(21)22)26-28(25)27-12-4-2-8(14(19)20)6-10(12)16(23)24/h1-6H,(H3-,17,18,19,20,21,22,23,24)/p+1. The summed E-state index contributed by atoms with van der Waals surface area (Å²) in [5.41, 5.74) is -1.91. The normalized spacial score (nSPS) is 10.0. The zero-order chi connectivity index (χ0) is 21.0. The predicted molar refractivity (Wildman–Crippen MR) is 89.6 cm³/mol. The Bertz CT molecular complexity index is 932. The predicted octanol–water partition coefficient (Wildman–Crippen LogP) is 2.59. The Morgan fingerprint density at radius 1 is 0.643 bits per heavy atom. The fraction of sp³-hybridized carbons (Fsp3) is 0. The van der Waals surface area contributed by atoms with Gasteiger partial charge in [-0.2, -0.15) is 0 Å². The minimum atomic E-state index is -3.14. The summed E-state index contributed by atoms with van der Waals surface area (Å²) in [6.07, 6.45) is 0. The molecule has 0 aliphatic heterocycles. The van der Waals surface area contributed by atoms with E-state index in [-0.39, 0.29) is 11.1 Å². The Hall–Kier alpha value is -3.98. The molecule has 2 aromatic rings. The zero-order valence-corrected chi connectivity index (χ0v) is 14.5. The number of hydrogen-bond donors (Lipinski definition) is 4. The molecule has 28 heavy (non-hydrogen) atoms. The van der Waals surface area contributed by atoms with Crippen molar-refractivity contribution >= 4 is 32.1 Å². The molecule has 0 fully saturated rings. The molecule has 0 spiro atoms. The van der Waals surface area contributed by atoms with Crippen LogP contribution in [-0.4, -0.2) is 44.3 Å². The lowest BCUT2D eigenvalue weighted by Crippen LogP contribution is -2.06. The molecule has 11 nitrogen and oxygen atoms in total. The molecule has 144 valence electrons. The number of hydrogen-bond acceptors (Lipinski definition) is 7. The quantitative estimate of drug-likeness (QED) is 0.470. The summed E-state index contributed by atoms with van der Waals surface area (Å²) in [6, 6.07) is 5.50. The first-order valence-corrected chi connectivity index (χ1v) is 8.24. The van der Waals surface area contributed by atoms with Crippen molar-refractivity contribution < 1.29 is 53.2 Å². The number of benzene rings is 2. The Labute approximate surface area is 156 Å². The molecule has 2 aromatic carbocycles. The van der Waals surface area contributed by atoms with E-state index in [2.05, 4.69) is 0 Å². The van der Waals surface area contributed by atoms with Crippen molar-refractivity contribution in [2.24, 2.45) is 0 Å². The van der Waals surface area contributed by atoms with E-state index in [1.54, 1.807) is 0 Å². The summed E-state index contributed by atoms with van der Waals surface area (Å²) in [5, 5.41) is 36.0. The van der Waals surface area contributed by atoms with Crippen LogP contribution in [0.1, 0.15) is 41.4 Å². The molecular weight excluding hydrogens is 399 g/mol. The summed E-state index contributed by atoms with van der Waals surface area (Å²) in [4.78, 5) is 44.3. The van der Waals surface area contributed by atoms with Gasteiger partial charge in [0.05, 0.1) is 11.1 Å². The Morgan fingerprint density at radius 3 is 1.29 bits per heavy atom. The van der Waals surface area contributed by atoms with E-state index in [1.807, 2.05) is 0 Å². The monoisotopic (exact) mass is 409 g/mol. The third kappa shape index (κ3) is 4.59. The lowest BCUT2D eigenvalue weighted by molar-refractivity contribution is 0.0675. The Balaban J connectivity index is 2.30. The SMILES string of the molecule is O=C(O)c1ccc(O[P+](=O)Oc2ccc(C(=O)O)cc2C(=O)O)c(C(=O)O)c1. The van der Waals surface area contributed by atoms with Crippen molar-refractivity contribution in [3.8, 4) is 11.5 Å². The average molecular weight is 409 g/mol. The third-order valence-corrected chi connectivity index (χ3v) is 3.95. The lowest BCUT2D eigenvalue weighted by Gasteiger charge is -2.03. The van der Waals surface area contributed by atoms with Crippen LogP contribution < -0.4 is 9.05 Å². The summed E-state index contributed by atoms with van der Waals surface area (Å²) in [7, 11) is -3.14. The smallest absolute Gasteiger partial charge is 0.478 e. The second-order valence-corrected chi connectivity index (χ2v) is 5.86. The molecule has 0 unspecified atom stereocenters. The van der Waals surface area contributed by atoms with Crippen molar-refractivity contribution in [3.05, 3.63) is 58.7 Å². The third-order valence-electron chi connectivity index (χ3n) is 3.26. The van der Waals surface area contributed by atoms with Crippen molar-refractivity contribution in [2.45, 2.75) is 0 Å². The molecule has 0 atom stereocenters. The maximum Gasteiger partial charge on any atom is 0.805 e. The maximum absolute atomic E-state index is 12.1. The molecule has 0 heterocycles. The molecular formula is C16H10O11P+.